The van der Waals surface area contributed by atoms with Crippen molar-refractivity contribution >= 4 is 6.21 Å². The summed E-state index contributed by atoms with van der Waals surface area (Å²) in [6.45, 7) is 8.53. The highest BCUT2D eigenvalue weighted by Crippen LogP contribution is 2.25. The van der Waals surface area contributed by atoms with Crippen LogP contribution in [0, 0.1) is 5.92 Å². The van der Waals surface area contributed by atoms with Gasteiger partial charge in [0.1, 0.15) is 6.17 Å². The summed E-state index contributed by atoms with van der Waals surface area (Å²) in [6, 6.07) is 0.173. The lowest BCUT2D eigenvalue weighted by molar-refractivity contribution is 0.0815. The zero-order chi connectivity index (χ0) is 13.7. The van der Waals surface area contributed by atoms with Gasteiger partial charge in [0, 0.05) is 6.04 Å². The number of hydrogen-bond donors (Lipinski definition) is 2. The highest BCUT2D eigenvalue weighted by Gasteiger charge is 2.29. The molecule has 4 nitrogen and oxygen atoms in total. The van der Waals surface area contributed by atoms with Crippen LogP contribution in [0.15, 0.2) is 16.6 Å². The maximum atomic E-state index is 10.1. The molecule has 1 heterocycles. The predicted octanol–water partition coefficient (Wildman–Crippen LogP) is 3.61. The lowest BCUT2D eigenvalue weighted by Crippen LogP contribution is -2.43. The first-order valence-electron chi connectivity index (χ1n) is 6.91. The molecule has 4 heteroatoms. The van der Waals surface area contributed by atoms with Gasteiger partial charge in [0.15, 0.2) is 5.76 Å². The quantitative estimate of drug-likeness (QED) is 0.761. The van der Waals surface area contributed by atoms with Gasteiger partial charge in [-0.05, 0) is 32.1 Å². The fourth-order valence-corrected chi connectivity index (χ4v) is 2.46. The minimum atomic E-state index is -0.127. The molecule has 104 valence electrons. The molecule has 18 heavy (non-hydrogen) atoms. The molecule has 0 aromatic carbocycles. The summed E-state index contributed by atoms with van der Waals surface area (Å²) < 4.78 is 0. The molecule has 0 saturated heterocycles. The van der Waals surface area contributed by atoms with E-state index in [9.17, 15) is 10.2 Å². The molecule has 0 spiro atoms. The van der Waals surface area contributed by atoms with Crippen LogP contribution in [-0.4, -0.2) is 33.5 Å². The Kier molecular flexibility index (Phi) is 5.51. The van der Waals surface area contributed by atoms with Crippen LogP contribution in [-0.2, 0) is 0 Å². The monoisotopic (exact) mass is 254 g/mol. The minimum absolute atomic E-state index is 0.0285. The van der Waals surface area contributed by atoms with Crippen LogP contribution in [0.25, 0.3) is 0 Å². The van der Waals surface area contributed by atoms with Gasteiger partial charge in [-0.15, -0.1) is 0 Å². The molecule has 0 fully saturated rings. The smallest absolute Gasteiger partial charge is 0.234 e. The third kappa shape index (κ3) is 3.65. The van der Waals surface area contributed by atoms with Crippen molar-refractivity contribution in [2.24, 2.45) is 10.9 Å². The van der Waals surface area contributed by atoms with Crippen molar-refractivity contribution < 1.29 is 10.2 Å². The Morgan fingerprint density at radius 3 is 2.56 bits per heavy atom. The van der Waals surface area contributed by atoms with E-state index in [1.807, 2.05) is 4.90 Å². The molecule has 1 aliphatic heterocycles. The van der Waals surface area contributed by atoms with Gasteiger partial charge >= 0.3 is 0 Å². The molecule has 2 atom stereocenters. The first-order valence-corrected chi connectivity index (χ1v) is 6.91. The second-order valence-electron chi connectivity index (χ2n) is 5.50. The van der Waals surface area contributed by atoms with Gasteiger partial charge in [-0.25, -0.2) is 0 Å². The Hall–Kier alpha value is -1.19. The van der Waals surface area contributed by atoms with Gasteiger partial charge in [-0.1, -0.05) is 27.2 Å². The Labute approximate surface area is 110 Å². The first-order chi connectivity index (χ1) is 8.47. The van der Waals surface area contributed by atoms with Crippen LogP contribution >= 0.6 is 0 Å². The van der Waals surface area contributed by atoms with Crippen LogP contribution in [0.1, 0.15) is 53.4 Å². The van der Waals surface area contributed by atoms with Gasteiger partial charge in [-0.3, -0.25) is 4.99 Å². The molecule has 0 saturated carbocycles. The maximum Gasteiger partial charge on any atom is 0.234 e. The largest absolute Gasteiger partial charge is 0.502 e. The molecule has 2 N–H and O–H groups in total. The molecule has 0 aromatic rings. The topological polar surface area (TPSA) is 56.1 Å². The molecule has 1 aliphatic rings. The zero-order valence-corrected chi connectivity index (χ0v) is 11.9. The number of aliphatic hydroxyl groups excluding tert-OH is 2. The summed E-state index contributed by atoms with van der Waals surface area (Å²) in [7, 11) is 0. The van der Waals surface area contributed by atoms with E-state index in [-0.39, 0.29) is 23.8 Å². The third-order valence-corrected chi connectivity index (χ3v) is 3.27. The number of rotatable bonds is 6. The number of aliphatic imine (C=N–C) groups is 1. The standard InChI is InChI=1S/C14H26N2O2/c1-5-6-7-13-15-9-12(17)14(18)16(13)11(4)8-10(2)3/h9-11,13,17-18H,5-8H2,1-4H3. The van der Waals surface area contributed by atoms with E-state index in [1.54, 1.807) is 0 Å². The van der Waals surface area contributed by atoms with Crippen molar-refractivity contribution in [1.29, 1.82) is 0 Å². The zero-order valence-electron chi connectivity index (χ0n) is 11.9. The third-order valence-electron chi connectivity index (χ3n) is 3.27. The van der Waals surface area contributed by atoms with Crippen LogP contribution < -0.4 is 0 Å². The fraction of sp³-hybridized carbons (Fsp3) is 0.786. The molecular formula is C14H26N2O2. The summed E-state index contributed by atoms with van der Waals surface area (Å²) in [5.74, 6) is 0.394. The molecule has 0 aromatic heterocycles. The van der Waals surface area contributed by atoms with Gasteiger partial charge in [0.2, 0.25) is 5.88 Å². The number of allylic oxidation sites excluding steroid dienone is 1. The lowest BCUT2D eigenvalue weighted by atomic mass is 10.0. The van der Waals surface area contributed by atoms with Crippen LogP contribution in [0.2, 0.25) is 0 Å². The lowest BCUT2D eigenvalue weighted by Gasteiger charge is -2.37. The normalized spacial score (nSPS) is 21.8. The molecule has 2 unspecified atom stereocenters. The van der Waals surface area contributed by atoms with Crippen LogP contribution in [0.4, 0.5) is 0 Å². The summed E-state index contributed by atoms with van der Waals surface area (Å²) in [5.41, 5.74) is 0. The number of hydrogen-bond acceptors (Lipinski definition) is 4. The van der Waals surface area contributed by atoms with Gasteiger partial charge < -0.3 is 15.1 Å². The Bertz CT molecular complexity index is 324. The highest BCUT2D eigenvalue weighted by molar-refractivity contribution is 5.76. The molecule has 1 rings (SSSR count). The molecule has 0 bridgehead atoms. The molecule has 0 amide bonds. The van der Waals surface area contributed by atoms with E-state index in [4.69, 9.17) is 0 Å². The number of nitrogens with zero attached hydrogens (tertiary/aromatic N) is 2. The van der Waals surface area contributed by atoms with E-state index in [0.717, 1.165) is 25.7 Å². The molecular weight excluding hydrogens is 228 g/mol. The SMILES string of the molecule is CCCCC1N=CC(O)=C(O)N1C(C)CC(C)C. The summed E-state index contributed by atoms with van der Waals surface area (Å²) in [4.78, 5) is 6.19. The number of unbranched alkanes of at least 4 members (excludes halogenated alkanes) is 1. The Morgan fingerprint density at radius 2 is 2.00 bits per heavy atom. The van der Waals surface area contributed by atoms with Gasteiger partial charge in [0.05, 0.1) is 6.21 Å². The van der Waals surface area contributed by atoms with Crippen LogP contribution in [0.5, 0.6) is 0 Å². The van der Waals surface area contributed by atoms with Crippen molar-refractivity contribution in [2.75, 3.05) is 0 Å². The predicted molar refractivity (Wildman–Crippen MR) is 74.8 cm³/mol. The van der Waals surface area contributed by atoms with Crippen molar-refractivity contribution in [3.8, 4) is 0 Å². The van der Waals surface area contributed by atoms with E-state index in [2.05, 4.69) is 32.7 Å². The second kappa shape index (κ2) is 6.66. The van der Waals surface area contributed by atoms with Crippen LogP contribution in [0.3, 0.4) is 0 Å². The summed E-state index contributed by atoms with van der Waals surface area (Å²) >= 11 is 0. The minimum Gasteiger partial charge on any atom is -0.502 e. The maximum absolute atomic E-state index is 10.1. The molecule has 0 aliphatic carbocycles. The van der Waals surface area contributed by atoms with E-state index in [0.29, 0.717) is 5.92 Å². The average Bonchev–Trinajstić information content (AvgIpc) is 2.29. The second-order valence-corrected chi connectivity index (χ2v) is 5.50. The Morgan fingerprint density at radius 1 is 1.33 bits per heavy atom. The first kappa shape index (κ1) is 14.9. The van der Waals surface area contributed by atoms with Crippen molar-refractivity contribution in [3.63, 3.8) is 0 Å². The van der Waals surface area contributed by atoms with Crippen molar-refractivity contribution in [1.82, 2.24) is 4.90 Å². The highest BCUT2D eigenvalue weighted by atomic mass is 16.3. The molecule has 0 radical (unpaired) electrons. The van der Waals surface area contributed by atoms with Gasteiger partial charge in [0.25, 0.3) is 0 Å². The van der Waals surface area contributed by atoms with E-state index < -0.39 is 0 Å². The van der Waals surface area contributed by atoms with E-state index >= 15 is 0 Å². The summed E-state index contributed by atoms with van der Waals surface area (Å²) in [6.07, 6.45) is 5.38. The van der Waals surface area contributed by atoms with Crippen molar-refractivity contribution in [3.05, 3.63) is 11.6 Å². The van der Waals surface area contributed by atoms with Gasteiger partial charge in [-0.2, -0.15) is 0 Å². The average molecular weight is 254 g/mol. The van der Waals surface area contributed by atoms with E-state index in [1.165, 1.54) is 6.21 Å². The number of aliphatic hydroxyl groups is 2. The van der Waals surface area contributed by atoms with Crippen molar-refractivity contribution in [2.45, 2.75) is 65.6 Å². The Balaban J connectivity index is 2.81. The summed E-state index contributed by atoms with van der Waals surface area (Å²) in [5, 5.41) is 19.7. The fourth-order valence-electron chi connectivity index (χ4n) is 2.46.